The Bertz CT molecular complexity index is 194. The summed E-state index contributed by atoms with van der Waals surface area (Å²) in [6, 6.07) is 0. The molecule has 0 aromatic carbocycles. The van der Waals surface area contributed by atoms with Crippen LogP contribution < -0.4 is 5.90 Å². The Morgan fingerprint density at radius 3 is 1.09 bits per heavy atom. The maximum atomic E-state index is 8.47. The standard InChI is InChI=1S/C18H37.H3NO.2O.V/c1-3-5-7-9-11-13-15-17-18-16-14-12-10-8-6-4-2;1-2;;;/h1,3-18H2,2H3;2H,1H2;;;/q-1;;;;. The van der Waals surface area contributed by atoms with Crippen LogP contribution in [0.15, 0.2) is 0 Å². The van der Waals surface area contributed by atoms with Crippen molar-refractivity contribution in [3.63, 3.8) is 0 Å². The molecule has 0 unspecified atom stereocenters. The van der Waals surface area contributed by atoms with E-state index >= 15 is 0 Å². The van der Waals surface area contributed by atoms with E-state index in [0.29, 0.717) is 0 Å². The van der Waals surface area contributed by atoms with E-state index < -0.39 is 16.2 Å². The van der Waals surface area contributed by atoms with Gasteiger partial charge in [-0.1, -0.05) is 103 Å². The first-order chi connectivity index (χ1) is 11.3. The predicted molar refractivity (Wildman–Crippen MR) is 92.2 cm³/mol. The van der Waals surface area contributed by atoms with Crippen LogP contribution in [-0.2, 0) is 23.5 Å². The second-order valence-electron chi connectivity index (χ2n) is 5.88. The van der Waals surface area contributed by atoms with Crippen molar-refractivity contribution in [2.24, 2.45) is 5.90 Å². The molecule has 0 aromatic heterocycles. The van der Waals surface area contributed by atoms with Crippen LogP contribution in [0.5, 0.6) is 0 Å². The summed E-state index contributed by atoms with van der Waals surface area (Å²) in [5.41, 5.74) is 0. The van der Waals surface area contributed by atoms with Crippen LogP contribution >= 0.6 is 0 Å². The third-order valence-electron chi connectivity index (χ3n) is 3.85. The predicted octanol–water partition coefficient (Wildman–Crippen LogP) is 6.18. The Morgan fingerprint density at radius 2 is 0.870 bits per heavy atom. The molecule has 0 aliphatic carbocycles. The molecule has 0 rings (SSSR count). The van der Waals surface area contributed by atoms with Gasteiger partial charge >= 0.3 is 23.5 Å². The fraction of sp³-hybridized carbons (Fsp3) is 0.944. The Morgan fingerprint density at radius 1 is 0.652 bits per heavy atom. The van der Waals surface area contributed by atoms with Crippen LogP contribution in [0.4, 0.5) is 0 Å². The van der Waals surface area contributed by atoms with E-state index in [1.165, 1.54) is 96.3 Å². The molecule has 0 aliphatic rings. The second-order valence-corrected chi connectivity index (χ2v) is 6.11. The average Bonchev–Trinajstić information content (AvgIpc) is 2.58. The quantitative estimate of drug-likeness (QED) is 0.205. The van der Waals surface area contributed by atoms with Crippen molar-refractivity contribution in [3.8, 4) is 0 Å². The topological polar surface area (TPSA) is 80.4 Å². The van der Waals surface area contributed by atoms with Crippen molar-refractivity contribution in [2.45, 2.75) is 110 Å². The molecule has 3 N–H and O–H groups in total. The van der Waals surface area contributed by atoms with Crippen LogP contribution in [0.3, 0.4) is 0 Å². The minimum absolute atomic E-state index is 1.12. The van der Waals surface area contributed by atoms with Gasteiger partial charge in [0.25, 0.3) is 0 Å². The van der Waals surface area contributed by atoms with Crippen molar-refractivity contribution in [2.75, 3.05) is 0 Å². The van der Waals surface area contributed by atoms with Crippen LogP contribution in [0, 0.1) is 6.92 Å². The first kappa shape index (κ1) is 27.9. The molecule has 0 fully saturated rings. The number of unbranched alkanes of at least 4 members (excludes halogenated alkanes) is 15. The monoisotopic (exact) mass is 369 g/mol. The minimum atomic E-state index is -1.81. The van der Waals surface area contributed by atoms with Gasteiger partial charge in [0.05, 0.1) is 0 Å². The van der Waals surface area contributed by atoms with E-state index in [1.54, 1.807) is 0 Å². The van der Waals surface area contributed by atoms with Gasteiger partial charge in [-0.15, -0.1) is 0 Å². The van der Waals surface area contributed by atoms with Gasteiger partial charge in [0.1, 0.15) is 0 Å². The number of hydrogen-bond donors (Lipinski definition) is 2. The molecule has 23 heavy (non-hydrogen) atoms. The first-order valence-electron chi connectivity index (χ1n) is 9.33. The van der Waals surface area contributed by atoms with Crippen LogP contribution in [0.2, 0.25) is 0 Å². The zero-order chi connectivity index (χ0) is 18.0. The van der Waals surface area contributed by atoms with Crippen LogP contribution in [-0.4, -0.2) is 5.21 Å². The molecule has 5 heteroatoms. The van der Waals surface area contributed by atoms with Crippen LogP contribution in [0.25, 0.3) is 0 Å². The zero-order valence-corrected chi connectivity index (χ0v) is 16.7. The summed E-state index contributed by atoms with van der Waals surface area (Å²) < 4.78 is 16.9. The van der Waals surface area contributed by atoms with E-state index in [2.05, 4.69) is 19.7 Å². The van der Waals surface area contributed by atoms with Gasteiger partial charge in [0.2, 0.25) is 0 Å². The van der Waals surface area contributed by atoms with Crippen molar-refractivity contribution in [3.05, 3.63) is 6.92 Å². The second kappa shape index (κ2) is 33.7. The van der Waals surface area contributed by atoms with E-state index in [1.807, 2.05) is 0 Å². The molecule has 0 amide bonds. The Labute approximate surface area is 151 Å². The Hall–Kier alpha value is 0.104. The molecule has 0 spiro atoms. The van der Waals surface area contributed by atoms with Gasteiger partial charge in [-0.25, -0.2) is 5.90 Å². The van der Waals surface area contributed by atoms with Crippen molar-refractivity contribution < 1.29 is 28.7 Å². The molecule has 0 saturated heterocycles. The fourth-order valence-electron chi connectivity index (χ4n) is 2.55. The normalized spacial score (nSPS) is 9.22. The fourth-order valence-corrected chi connectivity index (χ4v) is 2.55. The molecule has 0 saturated carbocycles. The van der Waals surface area contributed by atoms with Gasteiger partial charge in [-0.3, -0.25) is 0 Å². The van der Waals surface area contributed by atoms with Gasteiger partial charge in [0, 0.05) is 0 Å². The summed E-state index contributed by atoms with van der Waals surface area (Å²) in [6.45, 7) is 6.18. The molecule has 0 aliphatic heterocycles. The molecule has 0 radical (unpaired) electrons. The van der Waals surface area contributed by atoms with E-state index in [9.17, 15) is 0 Å². The molecule has 0 bridgehead atoms. The summed E-state index contributed by atoms with van der Waals surface area (Å²) in [7, 11) is 0. The van der Waals surface area contributed by atoms with Crippen molar-refractivity contribution in [1.29, 1.82) is 0 Å². The summed E-state index contributed by atoms with van der Waals surface area (Å²) in [6.07, 6.45) is 22.8. The molecular weight excluding hydrogens is 329 g/mol. The molecule has 141 valence electrons. The summed E-state index contributed by atoms with van der Waals surface area (Å²) >= 11 is -1.81. The Balaban J connectivity index is -0.000000710. The molecule has 4 nitrogen and oxygen atoms in total. The number of rotatable bonds is 15. The summed E-state index contributed by atoms with van der Waals surface area (Å²) in [4.78, 5) is 0. The van der Waals surface area contributed by atoms with E-state index in [0.717, 1.165) is 6.42 Å². The maximum absolute atomic E-state index is 8.47. The van der Waals surface area contributed by atoms with Gasteiger partial charge in [0.15, 0.2) is 0 Å². The van der Waals surface area contributed by atoms with Crippen LogP contribution in [0.1, 0.15) is 110 Å². The Kier molecular flexibility index (Phi) is 40.9. The third-order valence-corrected chi connectivity index (χ3v) is 3.85. The van der Waals surface area contributed by atoms with Gasteiger partial charge < -0.3 is 12.1 Å². The summed E-state index contributed by atoms with van der Waals surface area (Å²) in [5.74, 6) is 3.50. The molecule has 0 atom stereocenters. The molecular formula is C18H40NO3V-. The molecule has 0 heterocycles. The zero-order valence-electron chi connectivity index (χ0n) is 15.3. The SMILES string of the molecule is NO.[CH2-]CCCCCCCCCCCCCCCCC.[O]=[V]=[O]. The van der Waals surface area contributed by atoms with Gasteiger partial charge in [-0.2, -0.15) is 6.42 Å². The third kappa shape index (κ3) is 39.2. The van der Waals surface area contributed by atoms with Gasteiger partial charge in [-0.05, 0) is 0 Å². The van der Waals surface area contributed by atoms with Crippen molar-refractivity contribution >= 4 is 0 Å². The van der Waals surface area contributed by atoms with E-state index in [-0.39, 0.29) is 0 Å². The average molecular weight is 369 g/mol. The molecule has 0 aromatic rings. The first-order valence-corrected chi connectivity index (χ1v) is 10.5. The van der Waals surface area contributed by atoms with Crippen molar-refractivity contribution in [1.82, 2.24) is 0 Å². The van der Waals surface area contributed by atoms with E-state index in [4.69, 9.17) is 12.6 Å². The number of hydrogen-bond acceptors (Lipinski definition) is 4. The summed E-state index contributed by atoms with van der Waals surface area (Å²) in [5, 5.41) is 6.50. The number of nitrogens with two attached hydrogens (primary N) is 1.